The Morgan fingerprint density at radius 1 is 1.18 bits per heavy atom. The van der Waals surface area contributed by atoms with Gasteiger partial charge in [0.25, 0.3) is 0 Å². The van der Waals surface area contributed by atoms with Crippen LogP contribution in [0.1, 0.15) is 68.9 Å². The number of carbonyl (C=O) groups excluding carboxylic acids is 3. The van der Waals surface area contributed by atoms with E-state index >= 15 is 0 Å². The van der Waals surface area contributed by atoms with Crippen LogP contribution < -0.4 is 10.6 Å². The number of hydrogen-bond acceptors (Lipinski definition) is 6. The van der Waals surface area contributed by atoms with Crippen molar-refractivity contribution in [3.63, 3.8) is 0 Å². The molecule has 0 aliphatic heterocycles. The maximum Gasteiger partial charge on any atom is 0.224 e. The second kappa shape index (κ2) is 14.5. The molecule has 0 unspecified atom stereocenters. The Kier molecular flexibility index (Phi) is 11.5. The maximum absolute atomic E-state index is 13.7. The minimum absolute atomic E-state index is 0.0524. The van der Waals surface area contributed by atoms with Crippen LogP contribution in [0.2, 0.25) is 0 Å². The molecule has 2 atom stereocenters. The van der Waals surface area contributed by atoms with Gasteiger partial charge in [-0.1, -0.05) is 38.8 Å². The number of rotatable bonds is 14. The fourth-order valence-corrected chi connectivity index (χ4v) is 6.43. The molecule has 1 aromatic heterocycles. The first-order chi connectivity index (χ1) is 18.2. The number of nitrogens with one attached hydrogen (secondary N) is 2. The zero-order valence-corrected chi connectivity index (χ0v) is 24.3. The number of hydrogen-bond donors (Lipinski definition) is 2. The first-order valence-corrected chi connectivity index (χ1v) is 14.8. The quantitative estimate of drug-likeness (QED) is 0.340. The van der Waals surface area contributed by atoms with Gasteiger partial charge in [-0.25, -0.2) is 4.98 Å². The van der Waals surface area contributed by atoms with E-state index in [1.165, 1.54) is 12.0 Å². The third-order valence-electron chi connectivity index (χ3n) is 7.54. The van der Waals surface area contributed by atoms with Crippen LogP contribution in [0.25, 0.3) is 10.2 Å². The molecule has 0 spiro atoms. The van der Waals surface area contributed by atoms with Gasteiger partial charge in [0.15, 0.2) is 5.78 Å². The lowest BCUT2D eigenvalue weighted by Crippen LogP contribution is -2.45. The summed E-state index contributed by atoms with van der Waals surface area (Å²) in [7, 11) is 5.44. The molecule has 2 N–H and O–H groups in total. The summed E-state index contributed by atoms with van der Waals surface area (Å²) >= 11 is 1.60. The number of benzene rings is 1. The smallest absolute Gasteiger partial charge is 0.224 e. The number of ketones is 1. The Morgan fingerprint density at radius 2 is 1.92 bits per heavy atom. The van der Waals surface area contributed by atoms with Crippen molar-refractivity contribution in [3.05, 3.63) is 40.9 Å². The lowest BCUT2D eigenvalue weighted by atomic mass is 9.81. The summed E-state index contributed by atoms with van der Waals surface area (Å²) in [5, 5.41) is 6.82. The second-order valence-corrected chi connectivity index (χ2v) is 12.0. The third kappa shape index (κ3) is 8.73. The van der Waals surface area contributed by atoms with E-state index in [1.807, 2.05) is 25.1 Å². The Morgan fingerprint density at radius 3 is 2.58 bits per heavy atom. The number of aromatic nitrogens is 1. The summed E-state index contributed by atoms with van der Waals surface area (Å²) in [6.07, 6.45) is 8.04. The number of amides is 2. The van der Waals surface area contributed by atoms with E-state index < -0.39 is 5.92 Å². The molecule has 1 aliphatic carbocycles. The first kappa shape index (κ1) is 30.0. The van der Waals surface area contributed by atoms with Crippen LogP contribution in [-0.4, -0.2) is 61.2 Å². The monoisotopic (exact) mass is 540 g/mol. The van der Waals surface area contributed by atoms with Crippen molar-refractivity contribution in [1.29, 1.82) is 0 Å². The lowest BCUT2D eigenvalue weighted by molar-refractivity contribution is -0.131. The first-order valence-electron chi connectivity index (χ1n) is 13.9. The summed E-state index contributed by atoms with van der Waals surface area (Å²) in [6.45, 7) is 6.63. The van der Waals surface area contributed by atoms with E-state index in [4.69, 9.17) is 4.98 Å². The van der Waals surface area contributed by atoms with Crippen LogP contribution in [0.3, 0.4) is 0 Å². The average Bonchev–Trinajstić information content (AvgIpc) is 3.31. The predicted molar refractivity (Wildman–Crippen MR) is 155 cm³/mol. The Bertz CT molecular complexity index is 1120. The van der Waals surface area contributed by atoms with Crippen molar-refractivity contribution in [3.8, 4) is 0 Å². The molecule has 1 aliphatic rings. The molecular weight excluding hydrogens is 496 g/mol. The normalized spacial score (nSPS) is 15.8. The van der Waals surface area contributed by atoms with E-state index in [-0.39, 0.29) is 30.1 Å². The molecule has 0 saturated heterocycles. The van der Waals surface area contributed by atoms with Gasteiger partial charge in [-0.05, 0) is 63.4 Å². The van der Waals surface area contributed by atoms with Gasteiger partial charge in [0.1, 0.15) is 0 Å². The van der Waals surface area contributed by atoms with Gasteiger partial charge in [0.05, 0.1) is 21.1 Å². The van der Waals surface area contributed by atoms with Gasteiger partial charge in [-0.15, -0.1) is 11.3 Å². The number of fused-ring (bicyclic) bond motifs is 1. The highest BCUT2D eigenvalue weighted by atomic mass is 32.1. The molecule has 1 fully saturated rings. The minimum atomic E-state index is -0.522. The maximum atomic E-state index is 13.7. The number of nitrogens with zero attached hydrogens (tertiary/aromatic N) is 2. The van der Waals surface area contributed by atoms with Crippen molar-refractivity contribution in [1.82, 2.24) is 20.5 Å². The van der Waals surface area contributed by atoms with E-state index in [9.17, 15) is 14.4 Å². The molecule has 38 heavy (non-hydrogen) atoms. The highest BCUT2D eigenvalue weighted by molar-refractivity contribution is 7.18. The van der Waals surface area contributed by atoms with Gasteiger partial charge in [0, 0.05) is 44.5 Å². The number of Topliss-reactive ketones (excluding diaryl/α,β-unsaturated/α-hetero) is 1. The molecule has 2 amide bonds. The molecule has 8 heteroatoms. The van der Waals surface area contributed by atoms with Crippen molar-refractivity contribution in [2.24, 2.45) is 11.8 Å². The van der Waals surface area contributed by atoms with E-state index in [0.29, 0.717) is 37.3 Å². The van der Waals surface area contributed by atoms with Crippen LogP contribution >= 0.6 is 11.3 Å². The fraction of sp³-hybridized carbons (Fsp3) is 0.600. The van der Waals surface area contributed by atoms with Crippen LogP contribution in [0.5, 0.6) is 0 Å². The largest absolute Gasteiger partial charge is 0.359 e. The molecule has 1 saturated carbocycles. The van der Waals surface area contributed by atoms with Gasteiger partial charge in [-0.2, -0.15) is 0 Å². The Labute approximate surface area is 231 Å². The lowest BCUT2D eigenvalue weighted by Gasteiger charge is -2.32. The number of likely N-dealkylation sites (N-methyl/N-ethyl adjacent to an activating group) is 1. The molecule has 1 heterocycles. The summed E-state index contributed by atoms with van der Waals surface area (Å²) in [5.41, 5.74) is 2.78. The Balaban J connectivity index is 1.75. The zero-order chi connectivity index (χ0) is 27.7. The van der Waals surface area contributed by atoms with Crippen molar-refractivity contribution in [2.75, 3.05) is 27.7 Å². The summed E-state index contributed by atoms with van der Waals surface area (Å²) in [5.74, 6) is -0.414. The average molecular weight is 541 g/mol. The van der Waals surface area contributed by atoms with Gasteiger partial charge in [0.2, 0.25) is 11.8 Å². The number of carbonyl (C=O) groups is 3. The summed E-state index contributed by atoms with van der Waals surface area (Å²) < 4.78 is 1.11. The van der Waals surface area contributed by atoms with Crippen LogP contribution in [0.15, 0.2) is 30.4 Å². The van der Waals surface area contributed by atoms with Crippen molar-refractivity contribution >= 4 is 39.2 Å². The highest BCUT2D eigenvalue weighted by Gasteiger charge is 2.30. The number of thiazole rings is 1. The van der Waals surface area contributed by atoms with E-state index in [2.05, 4.69) is 36.3 Å². The standard InChI is InChI=1S/C30H44N4O3S/c1-6-21-12-13-25-27(16-21)38-29(32-25)18-23(17-28(36)31-3)30(37)33-24(22-10-8-7-9-11-22)14-15-26(35)20(2)19-34(4)5/h12-13,16,22-24H,2,6-11,14-15,17-19H2,1,3-5H3,(H,31,36)(H,33,37)/t23-,24+/m0/s1. The van der Waals surface area contributed by atoms with Crippen molar-refractivity contribution in [2.45, 2.75) is 77.2 Å². The van der Waals surface area contributed by atoms with Gasteiger partial charge >= 0.3 is 0 Å². The summed E-state index contributed by atoms with van der Waals surface area (Å²) in [6, 6.07) is 6.19. The Hall–Kier alpha value is -2.58. The predicted octanol–water partition coefficient (Wildman–Crippen LogP) is 4.69. The topological polar surface area (TPSA) is 91.4 Å². The molecule has 0 radical (unpaired) electrons. The second-order valence-electron chi connectivity index (χ2n) is 10.9. The molecule has 1 aromatic carbocycles. The number of aryl methyl sites for hydroxylation is 1. The van der Waals surface area contributed by atoms with Crippen LogP contribution in [0, 0.1) is 11.8 Å². The third-order valence-corrected chi connectivity index (χ3v) is 8.58. The van der Waals surface area contributed by atoms with E-state index in [0.717, 1.165) is 47.3 Å². The molecule has 7 nitrogen and oxygen atoms in total. The van der Waals surface area contributed by atoms with Gasteiger partial charge in [-0.3, -0.25) is 14.4 Å². The molecule has 3 rings (SSSR count). The minimum Gasteiger partial charge on any atom is -0.359 e. The molecule has 0 bridgehead atoms. The summed E-state index contributed by atoms with van der Waals surface area (Å²) in [4.78, 5) is 45.5. The fourth-order valence-electron chi connectivity index (χ4n) is 5.31. The molecule has 2 aromatic rings. The van der Waals surface area contributed by atoms with E-state index in [1.54, 1.807) is 18.4 Å². The molecule has 208 valence electrons. The van der Waals surface area contributed by atoms with Gasteiger partial charge < -0.3 is 15.5 Å². The van der Waals surface area contributed by atoms with Crippen LogP contribution in [0.4, 0.5) is 0 Å². The SMILES string of the molecule is C=C(CN(C)C)C(=O)CC[C@@H](NC(=O)[C@@H](CC(=O)NC)Cc1nc2ccc(CC)cc2s1)C1CCCCC1. The zero-order valence-electron chi connectivity index (χ0n) is 23.5. The van der Waals surface area contributed by atoms with Crippen LogP contribution in [-0.2, 0) is 27.2 Å². The van der Waals surface area contributed by atoms with Crippen molar-refractivity contribution < 1.29 is 14.4 Å². The highest BCUT2D eigenvalue weighted by Crippen LogP contribution is 2.30. The molecular formula is C30H44N4O3S.